The number of anilines is 1. The van der Waals surface area contributed by atoms with Crippen molar-refractivity contribution in [1.29, 1.82) is 0 Å². The lowest BCUT2D eigenvalue weighted by Gasteiger charge is -2.28. The Kier molecular flexibility index (Phi) is 7.75. The number of halogens is 2. The number of phosphoric ester groups is 1. The molecular weight excluding hydrogens is 568 g/mol. The number of hydrogen-bond acceptors (Lipinski definition) is 11. The Bertz CT molecular complexity index is 1320. The number of phosphoric acid groups is 3. The van der Waals surface area contributed by atoms with Gasteiger partial charge in [-0.1, -0.05) is 0 Å². The fourth-order valence-corrected chi connectivity index (χ4v) is 6.86. The number of fused-ring (bicyclic) bond motifs is 1. The molecule has 0 aliphatic carbocycles. The zero-order valence-corrected chi connectivity index (χ0v) is 20.7. The van der Waals surface area contributed by atoms with Gasteiger partial charge in [0.05, 0.1) is 11.5 Å². The SMILES string of the molecule is C[C@H](OP(=O)(O)OP(=O)(O)OP(=O)(O)O)[C@H]1O[C@@H](n2ccc3c(=O)[nH]c(N)nc32)[C@@](Cl)(CF)C1O. The Morgan fingerprint density at radius 1 is 1.31 bits per heavy atom. The van der Waals surface area contributed by atoms with E-state index in [4.69, 9.17) is 31.9 Å². The number of aromatic nitrogens is 3. The van der Waals surface area contributed by atoms with Crippen molar-refractivity contribution in [2.24, 2.45) is 0 Å². The average molecular weight is 587 g/mol. The molecule has 7 atom stereocenters. The minimum absolute atomic E-state index is 0.0138. The first-order chi connectivity index (χ1) is 15.9. The second kappa shape index (κ2) is 9.58. The standard InChI is InChI=1S/C13H19ClFN4O13P3/c1-5(30-34(25,26)32-35(27,28)31-33(22,23)24)7-8(20)13(14,4-15)11(29-7)19-3-2-6-9(19)17-12(16)18-10(6)21/h2-3,5,7-8,11,20H,4H2,1H3,(H,25,26)(H,27,28)(H2,22,23,24)(H3,16,17,18,21)/t5-,7+,8?,11+,13+/m0/s1. The molecule has 2 aromatic heterocycles. The fraction of sp³-hybridized carbons (Fsp3) is 0.538. The highest BCUT2D eigenvalue weighted by atomic mass is 35.5. The number of rotatable bonds is 9. The Hall–Kier alpha value is -1.23. The van der Waals surface area contributed by atoms with Crippen molar-refractivity contribution in [3.8, 4) is 0 Å². The van der Waals surface area contributed by atoms with Crippen LogP contribution in [0.25, 0.3) is 11.0 Å². The maximum Gasteiger partial charge on any atom is 0.490 e. The van der Waals surface area contributed by atoms with Crippen LogP contribution in [0.1, 0.15) is 13.2 Å². The van der Waals surface area contributed by atoms with E-state index in [1.165, 1.54) is 12.3 Å². The largest absolute Gasteiger partial charge is 0.490 e. The molecule has 0 amide bonds. The van der Waals surface area contributed by atoms with Gasteiger partial charge in [0.1, 0.15) is 23.8 Å². The van der Waals surface area contributed by atoms with Gasteiger partial charge in [-0.05, 0) is 13.0 Å². The molecule has 0 aromatic carbocycles. The van der Waals surface area contributed by atoms with Gasteiger partial charge in [-0.15, -0.1) is 11.6 Å². The van der Waals surface area contributed by atoms with E-state index in [1.807, 2.05) is 0 Å². The molecule has 198 valence electrons. The Balaban J connectivity index is 1.88. The van der Waals surface area contributed by atoms with Crippen molar-refractivity contribution in [2.75, 3.05) is 12.4 Å². The van der Waals surface area contributed by atoms with Gasteiger partial charge in [-0.3, -0.25) is 14.3 Å². The molecule has 3 heterocycles. The number of aliphatic hydroxyl groups excluding tert-OH is 1. The van der Waals surface area contributed by atoms with Gasteiger partial charge in [0, 0.05) is 6.20 Å². The van der Waals surface area contributed by atoms with Gasteiger partial charge in [0.15, 0.2) is 11.9 Å². The molecule has 2 aromatic rings. The lowest BCUT2D eigenvalue weighted by Crippen LogP contribution is -2.46. The molecule has 22 heteroatoms. The number of nitrogens with zero attached hydrogens (tertiary/aromatic N) is 2. The van der Waals surface area contributed by atoms with Crippen molar-refractivity contribution >= 4 is 52.1 Å². The topological polar surface area (TPSA) is 266 Å². The molecule has 0 saturated carbocycles. The van der Waals surface area contributed by atoms with E-state index in [9.17, 15) is 37.8 Å². The van der Waals surface area contributed by atoms with Crippen LogP contribution in [0.5, 0.6) is 0 Å². The Morgan fingerprint density at radius 3 is 2.51 bits per heavy atom. The molecule has 0 bridgehead atoms. The highest BCUT2D eigenvalue weighted by Gasteiger charge is 2.59. The Morgan fingerprint density at radius 2 is 1.94 bits per heavy atom. The van der Waals surface area contributed by atoms with E-state index >= 15 is 0 Å². The van der Waals surface area contributed by atoms with Crippen molar-refractivity contribution in [1.82, 2.24) is 14.5 Å². The molecule has 0 radical (unpaired) electrons. The first-order valence-corrected chi connectivity index (χ1v) is 14.1. The normalized spacial score (nSPS) is 29.7. The number of ether oxygens (including phenoxy) is 1. The van der Waals surface area contributed by atoms with Gasteiger partial charge in [-0.2, -0.15) is 13.6 Å². The number of nitrogens with one attached hydrogen (secondary N) is 1. The molecule has 35 heavy (non-hydrogen) atoms. The Labute approximate surface area is 199 Å². The van der Waals surface area contributed by atoms with Gasteiger partial charge in [-0.25, -0.2) is 18.1 Å². The smallest absolute Gasteiger partial charge is 0.388 e. The third-order valence-electron chi connectivity index (χ3n) is 4.73. The summed E-state index contributed by atoms with van der Waals surface area (Å²) in [5.74, 6) is -0.293. The van der Waals surface area contributed by atoms with Crippen molar-refractivity contribution in [3.63, 3.8) is 0 Å². The summed E-state index contributed by atoms with van der Waals surface area (Å²) in [5.41, 5.74) is 4.81. The quantitative estimate of drug-likeness (QED) is 0.153. The molecule has 1 aliphatic heterocycles. The predicted octanol–water partition coefficient (Wildman–Crippen LogP) is 0.244. The van der Waals surface area contributed by atoms with Crippen LogP contribution in [-0.2, 0) is 31.6 Å². The second-order valence-corrected chi connectivity index (χ2v) is 12.3. The third-order valence-corrected chi connectivity index (χ3v) is 9.17. The monoisotopic (exact) mass is 586 g/mol. The van der Waals surface area contributed by atoms with E-state index in [0.29, 0.717) is 0 Å². The van der Waals surface area contributed by atoms with E-state index in [1.54, 1.807) is 0 Å². The number of hydrogen-bond donors (Lipinski definition) is 7. The number of nitrogen functional groups attached to an aromatic ring is 1. The van der Waals surface area contributed by atoms with Crippen LogP contribution in [0.4, 0.5) is 10.3 Å². The highest BCUT2D eigenvalue weighted by molar-refractivity contribution is 7.66. The molecule has 17 nitrogen and oxygen atoms in total. The summed E-state index contributed by atoms with van der Waals surface area (Å²) in [7, 11) is -17.0. The minimum Gasteiger partial charge on any atom is -0.388 e. The number of nitrogens with two attached hydrogens (primary N) is 1. The molecule has 3 unspecified atom stereocenters. The molecule has 1 saturated heterocycles. The molecule has 0 spiro atoms. The van der Waals surface area contributed by atoms with Crippen LogP contribution in [0.15, 0.2) is 17.1 Å². The second-order valence-electron chi connectivity index (χ2n) is 7.27. The molecule has 3 rings (SSSR count). The zero-order valence-electron chi connectivity index (χ0n) is 17.2. The van der Waals surface area contributed by atoms with Crippen LogP contribution >= 0.6 is 35.1 Å². The molecule has 1 aliphatic rings. The number of aliphatic hydroxyl groups is 1. The van der Waals surface area contributed by atoms with E-state index in [0.717, 1.165) is 11.5 Å². The van der Waals surface area contributed by atoms with Crippen molar-refractivity contribution in [2.45, 2.75) is 36.3 Å². The summed E-state index contributed by atoms with van der Waals surface area (Å²) in [6.45, 7) is -0.407. The summed E-state index contributed by atoms with van der Waals surface area (Å²) in [6, 6.07) is 1.29. The first-order valence-electron chi connectivity index (χ1n) is 9.16. The minimum atomic E-state index is -5.81. The van der Waals surface area contributed by atoms with Crippen molar-refractivity contribution < 1.29 is 60.6 Å². The number of alkyl halides is 2. The van der Waals surface area contributed by atoms with Gasteiger partial charge >= 0.3 is 23.5 Å². The summed E-state index contributed by atoms with van der Waals surface area (Å²) in [6.07, 6.45) is -5.68. The molecular formula is C13H19ClFN4O13P3. The maximum atomic E-state index is 14.1. The summed E-state index contributed by atoms with van der Waals surface area (Å²) >= 11 is 6.31. The van der Waals surface area contributed by atoms with E-state index in [-0.39, 0.29) is 17.0 Å². The summed E-state index contributed by atoms with van der Waals surface area (Å²) < 4.78 is 66.9. The number of aromatic amines is 1. The molecule has 1 fully saturated rings. The van der Waals surface area contributed by atoms with Crippen LogP contribution in [0, 0.1) is 0 Å². The van der Waals surface area contributed by atoms with Gasteiger partial charge in [0.2, 0.25) is 5.95 Å². The molecule has 8 N–H and O–H groups in total. The van der Waals surface area contributed by atoms with E-state index < -0.39 is 65.1 Å². The van der Waals surface area contributed by atoms with Gasteiger partial charge < -0.3 is 39.7 Å². The summed E-state index contributed by atoms with van der Waals surface area (Å²) in [5, 5.41) is 10.7. The van der Waals surface area contributed by atoms with Gasteiger partial charge in [0.25, 0.3) is 5.56 Å². The fourth-order valence-electron chi connectivity index (χ4n) is 3.38. The van der Waals surface area contributed by atoms with Crippen LogP contribution in [0.3, 0.4) is 0 Å². The zero-order chi connectivity index (χ0) is 26.6. The first kappa shape index (κ1) is 28.3. The number of H-pyrrole nitrogens is 1. The maximum absolute atomic E-state index is 14.1. The van der Waals surface area contributed by atoms with Crippen LogP contribution < -0.4 is 11.3 Å². The average Bonchev–Trinajstić information content (AvgIpc) is 3.18. The third kappa shape index (κ3) is 6.02. The van der Waals surface area contributed by atoms with Crippen molar-refractivity contribution in [3.05, 3.63) is 22.6 Å². The predicted molar refractivity (Wildman–Crippen MR) is 114 cm³/mol. The highest BCUT2D eigenvalue weighted by Crippen LogP contribution is 2.66. The lowest BCUT2D eigenvalue weighted by atomic mass is 9.97. The lowest BCUT2D eigenvalue weighted by molar-refractivity contribution is -0.0731. The van der Waals surface area contributed by atoms with Crippen LogP contribution in [0.2, 0.25) is 0 Å². The summed E-state index contributed by atoms with van der Waals surface area (Å²) in [4.78, 5) is 52.2. The van der Waals surface area contributed by atoms with E-state index in [2.05, 4.69) is 23.1 Å². The van der Waals surface area contributed by atoms with Crippen LogP contribution in [-0.4, -0.2) is 69.1 Å².